The van der Waals surface area contributed by atoms with Gasteiger partial charge in [-0.2, -0.15) is 0 Å². The smallest absolute Gasteiger partial charge is 0.236 e. The number of aromatic nitrogens is 3. The minimum absolute atomic E-state index is 0.243. The molecule has 1 unspecified atom stereocenters. The van der Waals surface area contributed by atoms with E-state index in [2.05, 4.69) is 15.2 Å². The van der Waals surface area contributed by atoms with Crippen molar-refractivity contribution >= 4 is 5.91 Å². The monoisotopic (exact) mass is 361 g/mol. The maximum Gasteiger partial charge on any atom is 0.236 e. The Hall–Kier alpha value is -1.47. The molecule has 3 fully saturated rings. The summed E-state index contributed by atoms with van der Waals surface area (Å²) in [7, 11) is 0. The zero-order chi connectivity index (χ0) is 17.8. The molecular weight excluding hydrogens is 330 g/mol. The molecule has 1 aliphatic carbocycles. The van der Waals surface area contributed by atoms with Crippen LogP contribution in [0.4, 0.5) is 0 Å². The Labute approximate surface area is 155 Å². The number of likely N-dealkylation sites (tertiary alicyclic amines) is 2. The van der Waals surface area contributed by atoms with E-state index >= 15 is 0 Å². The maximum atomic E-state index is 12.6. The van der Waals surface area contributed by atoms with Crippen LogP contribution in [0.2, 0.25) is 0 Å². The van der Waals surface area contributed by atoms with Crippen molar-refractivity contribution < 1.29 is 9.53 Å². The Morgan fingerprint density at radius 1 is 1.12 bits per heavy atom. The van der Waals surface area contributed by atoms with Crippen molar-refractivity contribution in [2.75, 3.05) is 39.3 Å². The third kappa shape index (κ3) is 4.82. The normalized spacial score (nSPS) is 24.8. The Morgan fingerprint density at radius 3 is 2.69 bits per heavy atom. The maximum absolute atomic E-state index is 12.6. The van der Waals surface area contributed by atoms with Crippen molar-refractivity contribution in [1.29, 1.82) is 0 Å². The molecule has 2 saturated heterocycles. The molecule has 0 bridgehead atoms. The summed E-state index contributed by atoms with van der Waals surface area (Å²) >= 11 is 0. The molecule has 1 aromatic rings. The first-order valence-electron chi connectivity index (χ1n) is 10.3. The topological polar surface area (TPSA) is 63.5 Å². The third-order valence-corrected chi connectivity index (χ3v) is 5.81. The van der Waals surface area contributed by atoms with E-state index < -0.39 is 0 Å². The highest BCUT2D eigenvalue weighted by molar-refractivity contribution is 5.78. The number of carbonyl (C=O) groups is 1. The fraction of sp³-hybridized carbons (Fsp3) is 0.842. The fourth-order valence-corrected chi connectivity index (χ4v) is 3.94. The molecule has 4 rings (SSSR count). The van der Waals surface area contributed by atoms with Crippen LogP contribution >= 0.6 is 0 Å². The van der Waals surface area contributed by atoms with Crippen LogP contribution in [0.1, 0.15) is 56.7 Å². The van der Waals surface area contributed by atoms with E-state index in [0.29, 0.717) is 13.2 Å². The van der Waals surface area contributed by atoms with Crippen LogP contribution in [0, 0.1) is 5.92 Å². The Bertz CT molecular complexity index is 593. The van der Waals surface area contributed by atoms with Gasteiger partial charge in [-0.05, 0) is 51.1 Å². The van der Waals surface area contributed by atoms with Crippen molar-refractivity contribution in [2.24, 2.45) is 5.92 Å². The number of carbonyl (C=O) groups excluding carboxylic acids is 1. The van der Waals surface area contributed by atoms with Crippen molar-refractivity contribution in [3.63, 3.8) is 0 Å². The first-order chi connectivity index (χ1) is 12.8. The molecule has 2 aliphatic heterocycles. The summed E-state index contributed by atoms with van der Waals surface area (Å²) in [5.74, 6) is 1.03. The van der Waals surface area contributed by atoms with Crippen molar-refractivity contribution in [2.45, 2.75) is 57.6 Å². The molecule has 1 amide bonds. The van der Waals surface area contributed by atoms with Crippen LogP contribution in [0.3, 0.4) is 0 Å². The number of hydrogen-bond acceptors (Lipinski definition) is 5. The third-order valence-electron chi connectivity index (χ3n) is 5.81. The van der Waals surface area contributed by atoms with Gasteiger partial charge in [-0.15, -0.1) is 5.10 Å². The molecule has 7 heteroatoms. The molecular formula is C19H31N5O2. The quantitative estimate of drug-likeness (QED) is 0.742. The van der Waals surface area contributed by atoms with Gasteiger partial charge >= 0.3 is 0 Å². The highest BCUT2D eigenvalue weighted by Crippen LogP contribution is 2.29. The average Bonchev–Trinajstić information content (AvgIpc) is 3.21. The van der Waals surface area contributed by atoms with Gasteiger partial charge in [-0.25, -0.2) is 4.68 Å². The van der Waals surface area contributed by atoms with Crippen LogP contribution in [0.5, 0.6) is 0 Å². The van der Waals surface area contributed by atoms with Gasteiger partial charge in [-0.1, -0.05) is 18.1 Å². The second-order valence-corrected chi connectivity index (χ2v) is 8.12. The molecule has 3 aliphatic rings. The second-order valence-electron chi connectivity index (χ2n) is 8.12. The molecule has 1 aromatic heterocycles. The lowest BCUT2D eigenvalue weighted by Gasteiger charge is -2.23. The molecule has 0 aromatic carbocycles. The van der Waals surface area contributed by atoms with Crippen LogP contribution in [0.15, 0.2) is 6.20 Å². The van der Waals surface area contributed by atoms with Gasteiger partial charge in [0, 0.05) is 19.7 Å². The molecule has 3 heterocycles. The Balaban J connectivity index is 1.23. The Kier molecular flexibility index (Phi) is 5.84. The van der Waals surface area contributed by atoms with Gasteiger partial charge in [0.1, 0.15) is 5.69 Å². The van der Waals surface area contributed by atoms with E-state index in [-0.39, 0.29) is 11.9 Å². The number of amides is 1. The minimum Gasteiger partial charge on any atom is -0.375 e. The molecule has 7 nitrogen and oxygen atoms in total. The lowest BCUT2D eigenvalue weighted by atomic mass is 10.2. The largest absolute Gasteiger partial charge is 0.375 e. The molecule has 0 radical (unpaired) electrons. The van der Waals surface area contributed by atoms with Gasteiger partial charge in [0.15, 0.2) is 0 Å². The van der Waals surface area contributed by atoms with E-state index in [4.69, 9.17) is 4.74 Å². The lowest BCUT2D eigenvalue weighted by Crippen LogP contribution is -2.39. The minimum atomic E-state index is 0.243. The highest BCUT2D eigenvalue weighted by atomic mass is 16.5. The zero-order valence-corrected chi connectivity index (χ0v) is 15.7. The van der Waals surface area contributed by atoms with E-state index in [9.17, 15) is 4.79 Å². The fourth-order valence-electron chi connectivity index (χ4n) is 3.94. The predicted octanol–water partition coefficient (Wildman–Crippen LogP) is 1.85. The summed E-state index contributed by atoms with van der Waals surface area (Å²) < 4.78 is 7.61. The van der Waals surface area contributed by atoms with Crippen LogP contribution in [-0.4, -0.2) is 70.0 Å². The average molecular weight is 361 g/mol. The highest BCUT2D eigenvalue weighted by Gasteiger charge is 2.29. The number of rotatable bonds is 7. The summed E-state index contributed by atoms with van der Waals surface area (Å²) in [6.45, 7) is 5.66. The standard InChI is InChI=1S/C19H31N5O2/c25-19(13-22-8-3-1-2-4-9-22)23-10-7-18(12-23)24-11-17(20-21-24)15-26-14-16-5-6-16/h11,16,18H,1-10,12-15H2. The van der Waals surface area contributed by atoms with Gasteiger partial charge < -0.3 is 9.64 Å². The van der Waals surface area contributed by atoms with Gasteiger partial charge in [-0.3, -0.25) is 9.69 Å². The zero-order valence-electron chi connectivity index (χ0n) is 15.7. The second kappa shape index (κ2) is 8.48. The molecule has 1 atom stereocenters. The van der Waals surface area contributed by atoms with E-state index in [1.165, 1.54) is 38.5 Å². The van der Waals surface area contributed by atoms with E-state index in [1.54, 1.807) is 0 Å². The summed E-state index contributed by atoms with van der Waals surface area (Å²) in [6, 6.07) is 0.243. The number of hydrogen-bond donors (Lipinski definition) is 0. The first-order valence-corrected chi connectivity index (χ1v) is 10.3. The summed E-state index contributed by atoms with van der Waals surface area (Å²) in [4.78, 5) is 17.0. The van der Waals surface area contributed by atoms with E-state index in [1.807, 2.05) is 15.8 Å². The van der Waals surface area contributed by atoms with Crippen LogP contribution in [0.25, 0.3) is 0 Å². The summed E-state index contributed by atoms with van der Waals surface area (Å²) in [5, 5.41) is 8.50. The summed E-state index contributed by atoms with van der Waals surface area (Å²) in [5.41, 5.74) is 0.889. The molecule has 0 N–H and O–H groups in total. The predicted molar refractivity (Wildman–Crippen MR) is 97.5 cm³/mol. The summed E-state index contributed by atoms with van der Waals surface area (Å²) in [6.07, 6.45) is 10.6. The number of nitrogens with zero attached hydrogens (tertiary/aromatic N) is 5. The van der Waals surface area contributed by atoms with Gasteiger partial charge in [0.2, 0.25) is 5.91 Å². The molecule has 0 spiro atoms. The van der Waals surface area contributed by atoms with Crippen LogP contribution in [-0.2, 0) is 16.1 Å². The molecule has 144 valence electrons. The molecule has 26 heavy (non-hydrogen) atoms. The van der Waals surface area contributed by atoms with Crippen LogP contribution < -0.4 is 0 Å². The Morgan fingerprint density at radius 2 is 1.92 bits per heavy atom. The van der Waals surface area contributed by atoms with Crippen molar-refractivity contribution in [3.8, 4) is 0 Å². The SMILES string of the molecule is O=C(CN1CCCCCC1)N1CCC(n2cc(COCC3CC3)nn2)C1. The van der Waals surface area contributed by atoms with E-state index in [0.717, 1.165) is 50.8 Å². The van der Waals surface area contributed by atoms with Crippen molar-refractivity contribution in [3.05, 3.63) is 11.9 Å². The molecule has 1 saturated carbocycles. The van der Waals surface area contributed by atoms with Gasteiger partial charge in [0.05, 0.1) is 25.4 Å². The van der Waals surface area contributed by atoms with Crippen molar-refractivity contribution in [1.82, 2.24) is 24.8 Å². The van der Waals surface area contributed by atoms with Gasteiger partial charge in [0.25, 0.3) is 0 Å². The lowest BCUT2D eigenvalue weighted by molar-refractivity contribution is -0.131. The number of ether oxygens (including phenoxy) is 1. The first kappa shape index (κ1) is 17.9.